The van der Waals surface area contributed by atoms with Gasteiger partial charge >= 0.3 is 17.9 Å². The third-order valence-electron chi connectivity index (χ3n) is 2.40. The van der Waals surface area contributed by atoms with Gasteiger partial charge in [0.15, 0.2) is 5.92 Å². The van der Waals surface area contributed by atoms with Gasteiger partial charge in [-0.05, 0) is 27.7 Å². The molecule has 0 aromatic rings. The lowest BCUT2D eigenvalue weighted by Crippen LogP contribution is -2.30. The van der Waals surface area contributed by atoms with E-state index in [0.717, 1.165) is 0 Å². The Hall–Kier alpha value is -1.85. The van der Waals surface area contributed by atoms with Crippen molar-refractivity contribution in [3.05, 3.63) is 11.6 Å². The second-order valence-electron chi connectivity index (χ2n) is 5.12. The number of esters is 3. The predicted molar refractivity (Wildman–Crippen MR) is 71.7 cm³/mol. The molecule has 20 heavy (non-hydrogen) atoms. The molecule has 0 saturated heterocycles. The third-order valence-corrected chi connectivity index (χ3v) is 2.40. The largest absolute Gasteiger partial charge is 0.468 e. The van der Waals surface area contributed by atoms with Gasteiger partial charge in [-0.3, -0.25) is 9.59 Å². The highest BCUT2D eigenvalue weighted by molar-refractivity contribution is 5.97. The molecule has 6 heteroatoms. The molecule has 0 saturated carbocycles. The Labute approximate surface area is 119 Å². The molecule has 114 valence electrons. The molecule has 0 unspecified atom stereocenters. The summed E-state index contributed by atoms with van der Waals surface area (Å²) in [7, 11) is 2.34. The van der Waals surface area contributed by atoms with E-state index in [9.17, 15) is 14.4 Å². The van der Waals surface area contributed by atoms with Crippen LogP contribution in [0.5, 0.6) is 0 Å². The second-order valence-corrected chi connectivity index (χ2v) is 5.12. The molecule has 0 aliphatic rings. The van der Waals surface area contributed by atoms with Crippen LogP contribution < -0.4 is 0 Å². The first-order chi connectivity index (χ1) is 9.16. The third kappa shape index (κ3) is 5.86. The van der Waals surface area contributed by atoms with Crippen molar-refractivity contribution in [1.82, 2.24) is 0 Å². The van der Waals surface area contributed by atoms with Gasteiger partial charge in [0, 0.05) is 12.0 Å². The Morgan fingerprint density at radius 3 is 1.80 bits per heavy atom. The Morgan fingerprint density at radius 2 is 1.50 bits per heavy atom. The van der Waals surface area contributed by atoms with Gasteiger partial charge in [0.1, 0.15) is 5.60 Å². The van der Waals surface area contributed by atoms with Crippen LogP contribution in [0, 0.1) is 5.92 Å². The van der Waals surface area contributed by atoms with Crippen molar-refractivity contribution in [1.29, 1.82) is 0 Å². The number of carbonyl (C=O) groups is 3. The van der Waals surface area contributed by atoms with Crippen LogP contribution in [-0.4, -0.2) is 37.7 Å². The molecule has 0 rings (SSSR count). The van der Waals surface area contributed by atoms with Crippen molar-refractivity contribution in [3.8, 4) is 0 Å². The van der Waals surface area contributed by atoms with Crippen LogP contribution in [0.1, 0.15) is 34.1 Å². The monoisotopic (exact) mass is 286 g/mol. The number of ether oxygens (including phenoxy) is 3. The van der Waals surface area contributed by atoms with Gasteiger partial charge in [-0.25, -0.2) is 4.79 Å². The van der Waals surface area contributed by atoms with Gasteiger partial charge in [0.2, 0.25) is 0 Å². The predicted octanol–water partition coefficient (Wildman–Crippen LogP) is 1.63. The van der Waals surface area contributed by atoms with Crippen molar-refractivity contribution >= 4 is 17.9 Å². The summed E-state index contributed by atoms with van der Waals surface area (Å²) < 4.78 is 14.3. The number of allylic oxidation sites excluding steroid dienone is 1. The molecule has 0 aromatic heterocycles. The summed E-state index contributed by atoms with van der Waals surface area (Å²) in [5.74, 6) is -3.25. The van der Waals surface area contributed by atoms with Gasteiger partial charge in [0.25, 0.3) is 0 Å². The average molecular weight is 286 g/mol. The summed E-state index contributed by atoms with van der Waals surface area (Å²) in [6.07, 6.45) is 1.39. The zero-order valence-corrected chi connectivity index (χ0v) is 12.8. The normalized spacial score (nSPS) is 12.1. The number of rotatable bonds is 5. The summed E-state index contributed by atoms with van der Waals surface area (Å²) in [4.78, 5) is 35.1. The topological polar surface area (TPSA) is 78.9 Å². The van der Waals surface area contributed by atoms with E-state index >= 15 is 0 Å². The molecule has 0 N–H and O–H groups in total. The van der Waals surface area contributed by atoms with E-state index in [4.69, 9.17) is 4.74 Å². The maximum absolute atomic E-state index is 12.0. The molecule has 0 heterocycles. The van der Waals surface area contributed by atoms with Gasteiger partial charge in [0.05, 0.1) is 14.2 Å². The van der Waals surface area contributed by atoms with E-state index in [1.807, 2.05) is 0 Å². The summed E-state index contributed by atoms with van der Waals surface area (Å²) in [6.45, 7) is 6.83. The number of hydrogen-bond donors (Lipinski definition) is 0. The first kappa shape index (κ1) is 18.1. The fourth-order valence-corrected chi connectivity index (χ4v) is 1.43. The molecule has 0 aliphatic heterocycles. The highest BCUT2D eigenvalue weighted by atomic mass is 16.6. The lowest BCUT2D eigenvalue weighted by atomic mass is 9.99. The summed E-state index contributed by atoms with van der Waals surface area (Å²) in [5, 5.41) is 0. The molecule has 0 fully saturated rings. The minimum absolute atomic E-state index is 0.120. The van der Waals surface area contributed by atoms with Crippen LogP contribution in [0.15, 0.2) is 11.6 Å². The standard InChI is InChI=1S/C14H22O6/c1-7-9(11(15)20-14(2,3)4)8-10(12(16)18-5)13(17)19-6/h7,10H,8H2,1-6H3/b9-7-. The van der Waals surface area contributed by atoms with E-state index in [1.54, 1.807) is 27.7 Å². The lowest BCUT2D eigenvalue weighted by Gasteiger charge is -2.21. The van der Waals surface area contributed by atoms with Crippen molar-refractivity contribution in [3.63, 3.8) is 0 Å². The van der Waals surface area contributed by atoms with E-state index in [2.05, 4.69) is 9.47 Å². The van der Waals surface area contributed by atoms with E-state index < -0.39 is 29.4 Å². The van der Waals surface area contributed by atoms with Gasteiger partial charge in [-0.2, -0.15) is 0 Å². The zero-order valence-electron chi connectivity index (χ0n) is 12.8. The first-order valence-electron chi connectivity index (χ1n) is 6.20. The molecular formula is C14H22O6. The van der Waals surface area contributed by atoms with Crippen LogP contribution in [0.4, 0.5) is 0 Å². The molecule has 0 bridgehead atoms. The summed E-state index contributed by atoms with van der Waals surface area (Å²) >= 11 is 0. The highest BCUT2D eigenvalue weighted by Gasteiger charge is 2.32. The van der Waals surface area contributed by atoms with Gasteiger partial charge in [-0.1, -0.05) is 6.08 Å². The number of methoxy groups -OCH3 is 2. The van der Waals surface area contributed by atoms with E-state index in [-0.39, 0.29) is 12.0 Å². The molecule has 0 aromatic carbocycles. The maximum Gasteiger partial charge on any atom is 0.334 e. The molecule has 0 aliphatic carbocycles. The smallest absolute Gasteiger partial charge is 0.334 e. The Morgan fingerprint density at radius 1 is 1.05 bits per heavy atom. The molecule has 6 nitrogen and oxygen atoms in total. The minimum Gasteiger partial charge on any atom is -0.468 e. The van der Waals surface area contributed by atoms with E-state index in [1.165, 1.54) is 20.3 Å². The fourth-order valence-electron chi connectivity index (χ4n) is 1.43. The van der Waals surface area contributed by atoms with E-state index in [0.29, 0.717) is 0 Å². The van der Waals surface area contributed by atoms with Crippen LogP contribution in [0.2, 0.25) is 0 Å². The summed E-state index contributed by atoms with van der Waals surface area (Å²) in [5.41, 5.74) is -0.432. The van der Waals surface area contributed by atoms with Crippen LogP contribution in [-0.2, 0) is 28.6 Å². The van der Waals surface area contributed by atoms with Crippen molar-refractivity contribution in [2.24, 2.45) is 5.92 Å². The van der Waals surface area contributed by atoms with Gasteiger partial charge in [-0.15, -0.1) is 0 Å². The number of hydrogen-bond acceptors (Lipinski definition) is 6. The highest BCUT2D eigenvalue weighted by Crippen LogP contribution is 2.19. The van der Waals surface area contributed by atoms with Crippen LogP contribution >= 0.6 is 0 Å². The summed E-state index contributed by atoms with van der Waals surface area (Å²) in [6, 6.07) is 0. The quantitative estimate of drug-likeness (QED) is 0.331. The van der Waals surface area contributed by atoms with Gasteiger partial charge < -0.3 is 14.2 Å². The first-order valence-corrected chi connectivity index (χ1v) is 6.20. The van der Waals surface area contributed by atoms with Crippen LogP contribution in [0.25, 0.3) is 0 Å². The number of carbonyl (C=O) groups excluding carboxylic acids is 3. The Kier molecular flexibility index (Phi) is 6.96. The molecule has 0 atom stereocenters. The second kappa shape index (κ2) is 7.67. The minimum atomic E-state index is -1.18. The van der Waals surface area contributed by atoms with Crippen molar-refractivity contribution in [2.75, 3.05) is 14.2 Å². The molecule has 0 spiro atoms. The van der Waals surface area contributed by atoms with Crippen LogP contribution in [0.3, 0.4) is 0 Å². The van der Waals surface area contributed by atoms with Crippen molar-refractivity contribution in [2.45, 2.75) is 39.7 Å². The zero-order chi connectivity index (χ0) is 15.9. The molecule has 0 radical (unpaired) electrons. The molecule has 0 amide bonds. The fraction of sp³-hybridized carbons (Fsp3) is 0.643. The van der Waals surface area contributed by atoms with Crippen molar-refractivity contribution < 1.29 is 28.6 Å². The Bertz CT molecular complexity index is 386. The Balaban J connectivity index is 5.04. The lowest BCUT2D eigenvalue weighted by molar-refractivity contribution is -0.158. The maximum atomic E-state index is 12.0. The average Bonchev–Trinajstić information content (AvgIpc) is 2.36. The molecular weight excluding hydrogens is 264 g/mol. The SMILES string of the molecule is C/C=C(/CC(C(=O)OC)C(=O)OC)C(=O)OC(C)(C)C.